The van der Waals surface area contributed by atoms with Gasteiger partial charge in [0.2, 0.25) is 5.91 Å². The smallest absolute Gasteiger partial charge is 0.238 e. The monoisotopic (exact) mass is 392 g/mol. The van der Waals surface area contributed by atoms with Gasteiger partial charge >= 0.3 is 0 Å². The van der Waals surface area contributed by atoms with Gasteiger partial charge in [0, 0.05) is 22.8 Å². The molecule has 1 N–H and O–H groups in total. The lowest BCUT2D eigenvalue weighted by molar-refractivity contribution is -0.117. The summed E-state index contributed by atoms with van der Waals surface area (Å²) in [4.78, 5) is 23.8. The second-order valence-electron chi connectivity index (χ2n) is 6.95. The molecule has 0 atom stereocenters. The van der Waals surface area contributed by atoms with E-state index in [4.69, 9.17) is 9.47 Å². The molecule has 3 aromatic rings. The standard InChI is InChI=1S/C22H24N4O3/c1-3-26(13-21-23-15(2)17-6-4-5-7-18(17)25-21)14-22(27)24-16-8-9-19-20(12-16)29-11-10-28-19/h4-9,12H,3,10-11,13-14H2,1-2H3,(H,24,27). The van der Waals surface area contributed by atoms with Crippen LogP contribution in [0.4, 0.5) is 5.69 Å². The molecule has 4 rings (SSSR count). The van der Waals surface area contributed by atoms with Crippen molar-refractivity contribution in [3.63, 3.8) is 0 Å². The van der Waals surface area contributed by atoms with Crippen LogP contribution in [0, 0.1) is 6.92 Å². The molecular weight excluding hydrogens is 368 g/mol. The molecule has 29 heavy (non-hydrogen) atoms. The number of rotatable bonds is 6. The highest BCUT2D eigenvalue weighted by Gasteiger charge is 2.15. The number of fused-ring (bicyclic) bond motifs is 2. The summed E-state index contributed by atoms with van der Waals surface area (Å²) in [5, 5.41) is 3.98. The van der Waals surface area contributed by atoms with Gasteiger partial charge in [0.1, 0.15) is 19.0 Å². The molecule has 150 valence electrons. The zero-order valence-electron chi connectivity index (χ0n) is 16.6. The van der Waals surface area contributed by atoms with Gasteiger partial charge in [0.25, 0.3) is 0 Å². The van der Waals surface area contributed by atoms with E-state index in [9.17, 15) is 4.79 Å². The molecule has 2 heterocycles. The average Bonchev–Trinajstić information content (AvgIpc) is 2.73. The van der Waals surface area contributed by atoms with E-state index in [1.807, 2.05) is 55.1 Å². The molecule has 7 nitrogen and oxygen atoms in total. The van der Waals surface area contributed by atoms with Crippen LogP contribution in [-0.4, -0.2) is 47.1 Å². The number of carbonyl (C=O) groups excluding carboxylic acids is 1. The molecule has 0 saturated carbocycles. The maximum Gasteiger partial charge on any atom is 0.238 e. The number of nitrogens with zero attached hydrogens (tertiary/aromatic N) is 3. The number of hydrogen-bond acceptors (Lipinski definition) is 6. The van der Waals surface area contributed by atoms with Crippen molar-refractivity contribution in [2.75, 3.05) is 31.6 Å². The summed E-state index contributed by atoms with van der Waals surface area (Å²) < 4.78 is 11.1. The predicted octanol–water partition coefficient (Wildman–Crippen LogP) is 3.17. The average molecular weight is 392 g/mol. The van der Waals surface area contributed by atoms with Gasteiger partial charge in [0.15, 0.2) is 11.5 Å². The molecule has 0 spiro atoms. The predicted molar refractivity (Wildman–Crippen MR) is 111 cm³/mol. The molecule has 7 heteroatoms. The van der Waals surface area contributed by atoms with Crippen LogP contribution in [0.2, 0.25) is 0 Å². The summed E-state index contributed by atoms with van der Waals surface area (Å²) in [6, 6.07) is 13.4. The van der Waals surface area contributed by atoms with Gasteiger partial charge in [-0.3, -0.25) is 9.69 Å². The van der Waals surface area contributed by atoms with Crippen LogP contribution < -0.4 is 14.8 Å². The largest absolute Gasteiger partial charge is 0.486 e. The third-order valence-corrected chi connectivity index (χ3v) is 4.85. The van der Waals surface area contributed by atoms with E-state index in [1.165, 1.54) is 0 Å². The highest BCUT2D eigenvalue weighted by atomic mass is 16.6. The Balaban J connectivity index is 1.41. The fraction of sp³-hybridized carbons (Fsp3) is 0.318. The molecule has 0 bridgehead atoms. The Labute approximate surface area is 169 Å². The van der Waals surface area contributed by atoms with Crippen LogP contribution in [0.1, 0.15) is 18.4 Å². The van der Waals surface area contributed by atoms with Crippen molar-refractivity contribution in [3.05, 3.63) is 54.0 Å². The van der Waals surface area contributed by atoms with Crippen LogP contribution in [0.25, 0.3) is 10.9 Å². The first-order valence-corrected chi connectivity index (χ1v) is 9.76. The summed E-state index contributed by atoms with van der Waals surface area (Å²) in [7, 11) is 0. The van der Waals surface area contributed by atoms with Gasteiger partial charge in [-0.15, -0.1) is 0 Å². The number of nitrogens with one attached hydrogen (secondary N) is 1. The van der Waals surface area contributed by atoms with Crippen molar-refractivity contribution in [1.82, 2.24) is 14.9 Å². The van der Waals surface area contributed by atoms with Crippen molar-refractivity contribution in [3.8, 4) is 11.5 Å². The topological polar surface area (TPSA) is 76.6 Å². The van der Waals surface area contributed by atoms with Gasteiger partial charge < -0.3 is 14.8 Å². The molecule has 0 radical (unpaired) electrons. The number of carbonyl (C=O) groups is 1. The summed E-state index contributed by atoms with van der Waals surface area (Å²) in [5.74, 6) is 1.98. The third-order valence-electron chi connectivity index (χ3n) is 4.85. The van der Waals surface area contributed by atoms with Crippen LogP contribution in [0.15, 0.2) is 42.5 Å². The number of anilines is 1. The highest BCUT2D eigenvalue weighted by molar-refractivity contribution is 5.92. The minimum Gasteiger partial charge on any atom is -0.486 e. The molecule has 0 aliphatic carbocycles. The second kappa shape index (κ2) is 8.45. The number of hydrogen-bond donors (Lipinski definition) is 1. The van der Waals surface area contributed by atoms with Crippen molar-refractivity contribution in [2.45, 2.75) is 20.4 Å². The zero-order valence-corrected chi connectivity index (χ0v) is 16.6. The number of amides is 1. The summed E-state index contributed by atoms with van der Waals surface area (Å²) in [5.41, 5.74) is 2.56. The normalized spacial score (nSPS) is 12.9. The molecule has 1 amide bonds. The van der Waals surface area contributed by atoms with Crippen LogP contribution in [0.3, 0.4) is 0 Å². The summed E-state index contributed by atoms with van der Waals surface area (Å²) >= 11 is 0. The lowest BCUT2D eigenvalue weighted by Crippen LogP contribution is -2.33. The van der Waals surface area contributed by atoms with Crippen LogP contribution in [0.5, 0.6) is 11.5 Å². The molecule has 0 fully saturated rings. The van der Waals surface area contributed by atoms with E-state index in [1.54, 1.807) is 6.07 Å². The fourth-order valence-electron chi connectivity index (χ4n) is 3.37. The number of aromatic nitrogens is 2. The zero-order chi connectivity index (χ0) is 20.2. The van der Waals surface area contributed by atoms with E-state index in [-0.39, 0.29) is 12.5 Å². The maximum atomic E-state index is 12.6. The van der Waals surface area contributed by atoms with Gasteiger partial charge in [-0.25, -0.2) is 9.97 Å². The van der Waals surface area contributed by atoms with Crippen molar-refractivity contribution in [2.24, 2.45) is 0 Å². The third kappa shape index (κ3) is 4.46. The first kappa shape index (κ1) is 19.1. The molecule has 1 aromatic heterocycles. The Morgan fingerprint density at radius 2 is 1.90 bits per heavy atom. The number of likely N-dealkylation sites (N-methyl/N-ethyl adjacent to an activating group) is 1. The first-order valence-electron chi connectivity index (χ1n) is 9.76. The molecular formula is C22H24N4O3. The Kier molecular flexibility index (Phi) is 5.57. The SMILES string of the molecule is CCN(CC(=O)Nc1ccc2c(c1)OCCO2)Cc1nc(C)c2ccccc2n1. The molecule has 2 aromatic carbocycles. The van der Waals surface area contributed by atoms with E-state index in [2.05, 4.69) is 15.3 Å². The van der Waals surface area contributed by atoms with E-state index >= 15 is 0 Å². The molecule has 0 unspecified atom stereocenters. The van der Waals surface area contributed by atoms with Crippen molar-refractivity contribution in [1.29, 1.82) is 0 Å². The Bertz CT molecular complexity index is 1040. The minimum atomic E-state index is -0.0963. The molecule has 0 saturated heterocycles. The van der Waals surface area contributed by atoms with Gasteiger partial charge in [-0.1, -0.05) is 25.1 Å². The number of benzene rings is 2. The van der Waals surface area contributed by atoms with Gasteiger partial charge in [-0.05, 0) is 31.7 Å². The van der Waals surface area contributed by atoms with Crippen LogP contribution in [-0.2, 0) is 11.3 Å². The number of aryl methyl sites for hydroxylation is 1. The van der Waals surface area contributed by atoms with Crippen molar-refractivity contribution < 1.29 is 14.3 Å². The van der Waals surface area contributed by atoms with E-state index in [0.717, 1.165) is 22.4 Å². The van der Waals surface area contributed by atoms with Gasteiger partial charge in [0.05, 0.1) is 18.6 Å². The Morgan fingerprint density at radius 3 is 2.72 bits per heavy atom. The van der Waals surface area contributed by atoms with E-state index in [0.29, 0.717) is 43.5 Å². The minimum absolute atomic E-state index is 0.0963. The van der Waals surface area contributed by atoms with Crippen molar-refractivity contribution >= 4 is 22.5 Å². The van der Waals surface area contributed by atoms with E-state index < -0.39 is 0 Å². The quantitative estimate of drug-likeness (QED) is 0.694. The lowest BCUT2D eigenvalue weighted by Gasteiger charge is -2.21. The van der Waals surface area contributed by atoms with Gasteiger partial charge in [-0.2, -0.15) is 0 Å². The Morgan fingerprint density at radius 1 is 1.10 bits per heavy atom. The maximum absolute atomic E-state index is 12.6. The Hall–Kier alpha value is -3.19. The molecule has 1 aliphatic heterocycles. The summed E-state index contributed by atoms with van der Waals surface area (Å²) in [6.07, 6.45) is 0. The molecule has 1 aliphatic rings. The number of ether oxygens (including phenoxy) is 2. The first-order chi connectivity index (χ1) is 14.1. The van der Waals surface area contributed by atoms with Crippen LogP contribution >= 0.6 is 0 Å². The summed E-state index contributed by atoms with van der Waals surface area (Å²) in [6.45, 7) is 6.53. The lowest BCUT2D eigenvalue weighted by atomic mass is 10.2. The number of para-hydroxylation sites is 1. The fourth-order valence-corrected chi connectivity index (χ4v) is 3.37. The highest BCUT2D eigenvalue weighted by Crippen LogP contribution is 2.32. The second-order valence-corrected chi connectivity index (χ2v) is 6.95.